The van der Waals surface area contributed by atoms with E-state index in [-0.39, 0.29) is 18.6 Å². The van der Waals surface area contributed by atoms with Crippen LogP contribution in [0.4, 0.5) is 0 Å². The number of carbonyl (C=O) groups is 1. The van der Waals surface area contributed by atoms with E-state index in [0.29, 0.717) is 23.8 Å². The Morgan fingerprint density at radius 3 is 2.14 bits per heavy atom. The van der Waals surface area contributed by atoms with Gasteiger partial charge in [0, 0.05) is 19.6 Å². The number of hydrogen-bond acceptors (Lipinski definition) is 5. The molecule has 6 nitrogen and oxygen atoms in total. The maximum absolute atomic E-state index is 12.0. The van der Waals surface area contributed by atoms with Crippen LogP contribution in [0.5, 0.6) is 17.2 Å². The zero-order valence-electron chi connectivity index (χ0n) is 13.3. The van der Waals surface area contributed by atoms with Crippen LogP contribution < -0.4 is 19.9 Å². The number of nitrogens with two attached hydrogens (primary N) is 1. The second-order valence-corrected chi connectivity index (χ2v) is 4.92. The van der Waals surface area contributed by atoms with E-state index < -0.39 is 0 Å². The Morgan fingerprint density at radius 1 is 1.24 bits per heavy atom. The molecule has 21 heavy (non-hydrogen) atoms. The number of amides is 1. The van der Waals surface area contributed by atoms with E-state index in [1.165, 1.54) is 14.2 Å². The van der Waals surface area contributed by atoms with Crippen molar-refractivity contribution in [3.05, 3.63) is 17.7 Å². The molecule has 1 aromatic carbocycles. The van der Waals surface area contributed by atoms with Crippen molar-refractivity contribution >= 4 is 5.91 Å². The first-order valence-corrected chi connectivity index (χ1v) is 6.78. The maximum atomic E-state index is 12.0. The van der Waals surface area contributed by atoms with E-state index >= 15 is 0 Å². The molecular weight excluding hydrogens is 272 g/mol. The number of ether oxygens (including phenoxy) is 3. The molecule has 1 aromatic rings. The summed E-state index contributed by atoms with van der Waals surface area (Å²) >= 11 is 0. The molecule has 0 aliphatic heterocycles. The summed E-state index contributed by atoms with van der Waals surface area (Å²) in [7, 11) is 4.80. The lowest BCUT2D eigenvalue weighted by molar-refractivity contribution is -0.133. The number of hydrogen-bond donors (Lipinski definition) is 1. The highest BCUT2D eigenvalue weighted by Gasteiger charge is 2.17. The molecule has 0 spiro atoms. The fourth-order valence-electron chi connectivity index (χ4n) is 1.72. The van der Waals surface area contributed by atoms with Crippen LogP contribution in [0.15, 0.2) is 12.1 Å². The van der Waals surface area contributed by atoms with E-state index in [1.54, 1.807) is 24.1 Å². The summed E-state index contributed by atoms with van der Waals surface area (Å²) in [6.07, 6.45) is 0. The third-order valence-corrected chi connectivity index (χ3v) is 3.26. The quantitative estimate of drug-likeness (QED) is 0.823. The van der Waals surface area contributed by atoms with Crippen LogP contribution in [-0.4, -0.2) is 44.7 Å². The molecule has 1 amide bonds. The van der Waals surface area contributed by atoms with Gasteiger partial charge in [0.05, 0.1) is 14.2 Å². The Balaban J connectivity index is 2.94. The molecule has 0 fully saturated rings. The average Bonchev–Trinajstić information content (AvgIpc) is 2.50. The number of methoxy groups -OCH3 is 2. The second kappa shape index (κ2) is 7.73. The van der Waals surface area contributed by atoms with Crippen LogP contribution in [0.25, 0.3) is 0 Å². The topological polar surface area (TPSA) is 74.0 Å². The number of carbonyl (C=O) groups excluding carboxylic acids is 1. The van der Waals surface area contributed by atoms with Gasteiger partial charge in [-0.1, -0.05) is 0 Å². The van der Waals surface area contributed by atoms with Crippen molar-refractivity contribution < 1.29 is 19.0 Å². The van der Waals surface area contributed by atoms with Crippen molar-refractivity contribution in [2.45, 2.75) is 26.4 Å². The van der Waals surface area contributed by atoms with Crippen LogP contribution in [0.3, 0.4) is 0 Å². The molecule has 0 bridgehead atoms. The van der Waals surface area contributed by atoms with Gasteiger partial charge in [-0.2, -0.15) is 0 Å². The van der Waals surface area contributed by atoms with Crippen LogP contribution in [0, 0.1) is 0 Å². The molecular formula is C15H24N2O4. The minimum absolute atomic E-state index is 0.0800. The molecule has 0 aliphatic carbocycles. The summed E-state index contributed by atoms with van der Waals surface area (Å²) in [5.41, 5.74) is 6.49. The zero-order chi connectivity index (χ0) is 16.0. The Morgan fingerprint density at radius 2 is 1.76 bits per heavy atom. The second-order valence-electron chi connectivity index (χ2n) is 4.92. The highest BCUT2D eigenvalue weighted by atomic mass is 16.5. The van der Waals surface area contributed by atoms with Gasteiger partial charge in [0.25, 0.3) is 5.91 Å². The van der Waals surface area contributed by atoms with Crippen molar-refractivity contribution in [3.8, 4) is 17.2 Å². The van der Waals surface area contributed by atoms with Crippen LogP contribution >= 0.6 is 0 Å². The summed E-state index contributed by atoms with van der Waals surface area (Å²) in [5, 5.41) is 0. The lowest BCUT2D eigenvalue weighted by Crippen LogP contribution is -2.36. The Bertz CT molecular complexity index is 464. The van der Waals surface area contributed by atoms with E-state index in [1.807, 2.05) is 13.8 Å². The standard InChI is InChI=1S/C15H24N2O4/c1-10(2)17(3)14(18)9-21-15-12(19-4)6-11(8-16)7-13(15)20-5/h6-7,10H,8-9,16H2,1-5H3. The molecule has 0 atom stereocenters. The normalized spacial score (nSPS) is 10.4. The molecule has 118 valence electrons. The monoisotopic (exact) mass is 296 g/mol. The third kappa shape index (κ3) is 4.26. The predicted molar refractivity (Wildman–Crippen MR) is 80.8 cm³/mol. The van der Waals surface area contributed by atoms with Gasteiger partial charge in [-0.3, -0.25) is 4.79 Å². The number of benzene rings is 1. The summed E-state index contributed by atoms with van der Waals surface area (Å²) in [4.78, 5) is 13.6. The average molecular weight is 296 g/mol. The van der Waals surface area contributed by atoms with Gasteiger partial charge in [0.1, 0.15) is 0 Å². The molecule has 0 saturated heterocycles. The van der Waals surface area contributed by atoms with Crippen molar-refractivity contribution in [3.63, 3.8) is 0 Å². The molecule has 0 aliphatic rings. The summed E-state index contributed by atoms with van der Waals surface area (Å²) in [6, 6.07) is 3.66. The first-order chi connectivity index (χ1) is 9.94. The molecule has 0 saturated carbocycles. The van der Waals surface area contributed by atoms with Gasteiger partial charge in [-0.15, -0.1) is 0 Å². The largest absolute Gasteiger partial charge is 0.493 e. The highest BCUT2D eigenvalue weighted by Crippen LogP contribution is 2.38. The van der Waals surface area contributed by atoms with Crippen LogP contribution in [0.1, 0.15) is 19.4 Å². The number of rotatable bonds is 7. The van der Waals surface area contributed by atoms with E-state index in [2.05, 4.69) is 0 Å². The SMILES string of the molecule is COc1cc(CN)cc(OC)c1OCC(=O)N(C)C(C)C. The fraction of sp³-hybridized carbons (Fsp3) is 0.533. The van der Waals surface area contributed by atoms with Crippen LogP contribution in [0.2, 0.25) is 0 Å². The first-order valence-electron chi connectivity index (χ1n) is 6.78. The lowest BCUT2D eigenvalue weighted by atomic mass is 10.2. The molecule has 6 heteroatoms. The fourth-order valence-corrected chi connectivity index (χ4v) is 1.72. The van der Waals surface area contributed by atoms with Crippen molar-refractivity contribution in [2.75, 3.05) is 27.9 Å². The number of nitrogens with zero attached hydrogens (tertiary/aromatic N) is 1. The highest BCUT2D eigenvalue weighted by molar-refractivity contribution is 5.78. The molecule has 1 rings (SSSR count). The Hall–Kier alpha value is -1.95. The third-order valence-electron chi connectivity index (χ3n) is 3.26. The Kier molecular flexibility index (Phi) is 6.30. The molecule has 0 aromatic heterocycles. The zero-order valence-corrected chi connectivity index (χ0v) is 13.3. The van der Waals surface area contributed by atoms with Gasteiger partial charge >= 0.3 is 0 Å². The van der Waals surface area contributed by atoms with Gasteiger partial charge in [-0.05, 0) is 31.5 Å². The van der Waals surface area contributed by atoms with E-state index in [0.717, 1.165) is 5.56 Å². The minimum Gasteiger partial charge on any atom is -0.493 e. The molecule has 2 N–H and O–H groups in total. The molecule has 0 radical (unpaired) electrons. The van der Waals surface area contributed by atoms with Crippen molar-refractivity contribution in [1.82, 2.24) is 4.90 Å². The summed E-state index contributed by atoms with van der Waals surface area (Å²) < 4.78 is 16.2. The minimum atomic E-state index is -0.114. The van der Waals surface area contributed by atoms with Crippen molar-refractivity contribution in [1.29, 1.82) is 0 Å². The number of likely N-dealkylation sites (N-methyl/N-ethyl adjacent to an activating group) is 1. The summed E-state index contributed by atoms with van der Waals surface area (Å²) in [6.45, 7) is 4.16. The molecule has 0 heterocycles. The molecule has 0 unspecified atom stereocenters. The predicted octanol–water partition coefficient (Wildman–Crippen LogP) is 1.41. The van der Waals surface area contributed by atoms with Gasteiger partial charge in [0.2, 0.25) is 5.75 Å². The summed E-state index contributed by atoms with van der Waals surface area (Å²) in [5.74, 6) is 1.28. The van der Waals surface area contributed by atoms with Gasteiger partial charge < -0.3 is 24.8 Å². The smallest absolute Gasteiger partial charge is 0.260 e. The van der Waals surface area contributed by atoms with Gasteiger partial charge in [0.15, 0.2) is 18.1 Å². The first kappa shape index (κ1) is 17.1. The van der Waals surface area contributed by atoms with E-state index in [9.17, 15) is 4.79 Å². The lowest BCUT2D eigenvalue weighted by Gasteiger charge is -2.22. The van der Waals surface area contributed by atoms with E-state index in [4.69, 9.17) is 19.9 Å². The Labute approximate surface area is 125 Å². The van der Waals surface area contributed by atoms with Crippen molar-refractivity contribution in [2.24, 2.45) is 5.73 Å². The maximum Gasteiger partial charge on any atom is 0.260 e. The van der Waals surface area contributed by atoms with Crippen LogP contribution in [-0.2, 0) is 11.3 Å². The van der Waals surface area contributed by atoms with Gasteiger partial charge in [-0.25, -0.2) is 0 Å².